The number of rotatable bonds is 4. The monoisotopic (exact) mass is 359 g/mol. The highest BCUT2D eigenvalue weighted by Gasteiger charge is 2.42. The first-order valence-corrected chi connectivity index (χ1v) is 6.16. The summed E-state index contributed by atoms with van der Waals surface area (Å²) in [5.74, 6) is -3.01. The first-order valence-electron chi connectivity index (χ1n) is 4.98. The van der Waals surface area contributed by atoms with E-state index in [1.165, 1.54) is 12.1 Å². The largest absolute Gasteiger partial charge is 0.409 e. The van der Waals surface area contributed by atoms with Crippen LogP contribution in [0.25, 0.3) is 0 Å². The number of amidine groups is 1. The van der Waals surface area contributed by atoms with Gasteiger partial charge in [0, 0.05) is 11.0 Å². The van der Waals surface area contributed by atoms with Crippen molar-refractivity contribution in [2.45, 2.75) is 6.18 Å². The third kappa shape index (κ3) is 4.46. The average molecular weight is 361 g/mol. The Balaban J connectivity index is 2.82. The van der Waals surface area contributed by atoms with Gasteiger partial charge in [-0.15, -0.1) is 0 Å². The molecular weight excluding hydrogens is 350 g/mol. The van der Waals surface area contributed by atoms with Gasteiger partial charge in [0.05, 0.1) is 10.7 Å². The van der Waals surface area contributed by atoms with E-state index in [4.69, 9.17) is 22.5 Å². The van der Waals surface area contributed by atoms with E-state index in [-0.39, 0.29) is 5.02 Å². The molecule has 0 fully saturated rings. The molecule has 0 aliphatic rings. The molecule has 0 bridgehead atoms. The summed E-state index contributed by atoms with van der Waals surface area (Å²) in [5.41, 5.74) is 5.35. The van der Waals surface area contributed by atoms with E-state index in [2.05, 4.69) is 26.4 Å². The number of benzene rings is 1. The van der Waals surface area contributed by atoms with Crippen molar-refractivity contribution < 1.29 is 18.4 Å². The van der Waals surface area contributed by atoms with Crippen LogP contribution in [0, 0.1) is 5.92 Å². The molecule has 0 aliphatic carbocycles. The minimum Gasteiger partial charge on any atom is -0.409 e. The lowest BCUT2D eigenvalue weighted by Gasteiger charge is -2.20. The zero-order valence-corrected chi connectivity index (χ0v) is 11.7. The van der Waals surface area contributed by atoms with Crippen molar-refractivity contribution in [3.8, 4) is 0 Å². The number of nitrogens with zero attached hydrogens (tertiary/aromatic N) is 1. The maximum Gasteiger partial charge on any atom is 0.400 e. The molecule has 0 aliphatic heterocycles. The van der Waals surface area contributed by atoms with Gasteiger partial charge in [-0.05, 0) is 18.2 Å². The molecule has 19 heavy (non-hydrogen) atoms. The molecule has 0 aromatic heterocycles. The Kier molecular flexibility index (Phi) is 5.30. The van der Waals surface area contributed by atoms with Crippen molar-refractivity contribution in [2.75, 3.05) is 11.9 Å². The van der Waals surface area contributed by atoms with E-state index >= 15 is 0 Å². The van der Waals surface area contributed by atoms with Crippen LogP contribution in [0.3, 0.4) is 0 Å². The minimum atomic E-state index is -4.62. The number of hydrogen-bond donors (Lipinski definition) is 3. The number of anilines is 1. The van der Waals surface area contributed by atoms with Crippen molar-refractivity contribution >= 4 is 39.1 Å². The molecule has 1 aromatic rings. The summed E-state index contributed by atoms with van der Waals surface area (Å²) in [7, 11) is 0. The van der Waals surface area contributed by atoms with Crippen LogP contribution < -0.4 is 11.1 Å². The van der Waals surface area contributed by atoms with E-state index in [0.717, 1.165) is 0 Å². The summed E-state index contributed by atoms with van der Waals surface area (Å²) in [6.07, 6.45) is -4.62. The van der Waals surface area contributed by atoms with Gasteiger partial charge in [-0.2, -0.15) is 13.2 Å². The van der Waals surface area contributed by atoms with Crippen molar-refractivity contribution in [1.29, 1.82) is 0 Å². The van der Waals surface area contributed by atoms with Crippen molar-refractivity contribution in [1.82, 2.24) is 0 Å². The Hall–Kier alpha value is -1.15. The smallest absolute Gasteiger partial charge is 0.400 e. The molecule has 4 N–H and O–H groups in total. The van der Waals surface area contributed by atoms with Gasteiger partial charge >= 0.3 is 6.18 Å². The van der Waals surface area contributed by atoms with E-state index in [9.17, 15) is 13.2 Å². The molecular formula is C10H10BrClF3N3O. The van der Waals surface area contributed by atoms with Gasteiger partial charge in [-0.1, -0.05) is 32.7 Å². The first-order chi connectivity index (χ1) is 8.75. The summed E-state index contributed by atoms with van der Waals surface area (Å²) in [6.45, 7) is -0.583. The maximum atomic E-state index is 12.7. The molecule has 1 aromatic carbocycles. The van der Waals surface area contributed by atoms with Gasteiger partial charge in [-0.3, -0.25) is 0 Å². The van der Waals surface area contributed by atoms with Crippen LogP contribution >= 0.6 is 27.5 Å². The van der Waals surface area contributed by atoms with Crippen LogP contribution in [-0.2, 0) is 0 Å². The molecule has 106 valence electrons. The molecule has 0 saturated heterocycles. The van der Waals surface area contributed by atoms with Gasteiger partial charge in [0.25, 0.3) is 0 Å². The summed E-state index contributed by atoms with van der Waals surface area (Å²) in [5, 5.41) is 13.5. The van der Waals surface area contributed by atoms with Crippen LogP contribution in [0.15, 0.2) is 27.8 Å². The molecule has 1 unspecified atom stereocenters. The highest BCUT2D eigenvalue weighted by molar-refractivity contribution is 9.10. The summed E-state index contributed by atoms with van der Waals surface area (Å²) >= 11 is 9.03. The third-order valence-electron chi connectivity index (χ3n) is 2.30. The average Bonchev–Trinajstić information content (AvgIpc) is 2.29. The van der Waals surface area contributed by atoms with Gasteiger partial charge < -0.3 is 16.3 Å². The van der Waals surface area contributed by atoms with Crippen LogP contribution in [0.4, 0.5) is 18.9 Å². The summed E-state index contributed by atoms with van der Waals surface area (Å²) < 4.78 is 38.7. The molecule has 1 rings (SSSR count). The minimum absolute atomic E-state index is 0.259. The van der Waals surface area contributed by atoms with Gasteiger partial charge in [0.15, 0.2) is 5.84 Å². The Labute approximate surface area is 120 Å². The number of oxime groups is 1. The molecule has 0 saturated carbocycles. The number of alkyl halides is 3. The van der Waals surface area contributed by atoms with Gasteiger partial charge in [-0.25, -0.2) is 0 Å². The van der Waals surface area contributed by atoms with Crippen LogP contribution in [0.1, 0.15) is 0 Å². The van der Waals surface area contributed by atoms with Crippen LogP contribution in [-0.4, -0.2) is 23.8 Å². The third-order valence-corrected chi connectivity index (χ3v) is 3.10. The van der Waals surface area contributed by atoms with Crippen molar-refractivity contribution in [3.63, 3.8) is 0 Å². The topological polar surface area (TPSA) is 70.6 Å². The Morgan fingerprint density at radius 3 is 2.63 bits per heavy atom. The van der Waals surface area contributed by atoms with E-state index < -0.39 is 24.5 Å². The van der Waals surface area contributed by atoms with Gasteiger partial charge in [0.2, 0.25) is 0 Å². The van der Waals surface area contributed by atoms with E-state index in [1.807, 2.05) is 0 Å². The maximum absolute atomic E-state index is 12.7. The molecule has 9 heteroatoms. The second-order valence-electron chi connectivity index (χ2n) is 3.62. The second kappa shape index (κ2) is 6.33. The van der Waals surface area contributed by atoms with E-state index in [1.54, 1.807) is 6.07 Å². The Morgan fingerprint density at radius 1 is 1.53 bits per heavy atom. The van der Waals surface area contributed by atoms with E-state index in [0.29, 0.717) is 10.2 Å². The molecule has 1 atom stereocenters. The quantitative estimate of drug-likeness (QED) is 0.333. The Morgan fingerprint density at radius 2 is 2.16 bits per heavy atom. The Bertz CT molecular complexity index is 482. The lowest BCUT2D eigenvalue weighted by Crippen LogP contribution is -2.40. The lowest BCUT2D eigenvalue weighted by atomic mass is 10.1. The molecule has 0 spiro atoms. The number of nitrogens with two attached hydrogens (primary N) is 1. The summed E-state index contributed by atoms with van der Waals surface area (Å²) in [6, 6.07) is 4.68. The second-order valence-corrected chi connectivity index (χ2v) is 4.95. The molecule has 4 nitrogen and oxygen atoms in total. The summed E-state index contributed by atoms with van der Waals surface area (Å²) in [4.78, 5) is 0. The van der Waals surface area contributed by atoms with Crippen molar-refractivity contribution in [3.05, 3.63) is 27.7 Å². The normalized spacial score (nSPS) is 14.3. The SMILES string of the molecule is N/C(=N/O)C(CNc1ccc(Br)cc1Cl)C(F)(F)F. The fourth-order valence-electron chi connectivity index (χ4n) is 1.30. The van der Waals surface area contributed by atoms with Crippen molar-refractivity contribution in [2.24, 2.45) is 16.8 Å². The zero-order chi connectivity index (χ0) is 14.6. The predicted octanol–water partition coefficient (Wildman–Crippen LogP) is 3.44. The molecule has 0 amide bonds. The van der Waals surface area contributed by atoms with Gasteiger partial charge in [0.1, 0.15) is 5.92 Å². The highest BCUT2D eigenvalue weighted by Crippen LogP contribution is 2.29. The zero-order valence-electron chi connectivity index (χ0n) is 9.38. The standard InChI is InChI=1S/C10H10BrClF3N3O/c11-5-1-2-8(7(12)3-5)17-4-6(9(16)18-19)10(13,14)15/h1-3,6,17,19H,4H2,(H2,16,18). The first kappa shape index (κ1) is 15.9. The van der Waals surface area contributed by atoms with Crippen LogP contribution in [0.5, 0.6) is 0 Å². The predicted molar refractivity (Wildman–Crippen MR) is 70.6 cm³/mol. The number of halogens is 5. The molecule has 0 radical (unpaired) electrons. The van der Waals surface area contributed by atoms with Crippen LogP contribution in [0.2, 0.25) is 5.02 Å². The molecule has 0 heterocycles. The fourth-order valence-corrected chi connectivity index (χ4v) is 2.04. The lowest BCUT2D eigenvalue weighted by molar-refractivity contribution is -0.152. The highest BCUT2D eigenvalue weighted by atomic mass is 79.9. The fraction of sp³-hybridized carbons (Fsp3) is 0.300. The number of hydrogen-bond acceptors (Lipinski definition) is 3. The number of nitrogens with one attached hydrogen (secondary N) is 1.